The summed E-state index contributed by atoms with van der Waals surface area (Å²) < 4.78 is 28.2. The first-order valence-corrected chi connectivity index (χ1v) is 9.70. The van der Waals surface area contributed by atoms with Crippen LogP contribution in [-0.4, -0.2) is 13.7 Å². The molecule has 3 rings (SSSR count). The van der Waals surface area contributed by atoms with Crippen LogP contribution in [0.2, 0.25) is 5.02 Å². The summed E-state index contributed by atoms with van der Waals surface area (Å²) in [5.74, 6) is 1.05. The molecule has 21 heavy (non-hydrogen) atoms. The van der Waals surface area contributed by atoms with Gasteiger partial charge in [-0.3, -0.25) is 0 Å². The fraction of sp³-hybridized carbons (Fsp3) is 0.625. The van der Waals surface area contributed by atoms with Crippen LogP contribution >= 0.6 is 11.6 Å². The van der Waals surface area contributed by atoms with E-state index < -0.39 is 10.0 Å². The van der Waals surface area contributed by atoms with Crippen LogP contribution in [0.5, 0.6) is 0 Å². The summed E-state index contributed by atoms with van der Waals surface area (Å²) in [5.41, 5.74) is 0.979. The summed E-state index contributed by atoms with van der Waals surface area (Å²) in [7, 11) is -3.23. The molecule has 0 bridgehead atoms. The Bertz CT molecular complexity index is 599. The van der Waals surface area contributed by atoms with E-state index in [1.165, 1.54) is 12.8 Å². The maximum Gasteiger partial charge on any atom is 0.215 e. The quantitative estimate of drug-likeness (QED) is 0.891. The molecule has 3 nitrogen and oxygen atoms in total. The Morgan fingerprint density at radius 3 is 2.62 bits per heavy atom. The normalized spacial score (nSPS) is 29.7. The lowest BCUT2D eigenvalue weighted by molar-refractivity contribution is 0.220. The van der Waals surface area contributed by atoms with Gasteiger partial charge >= 0.3 is 0 Å². The zero-order chi connectivity index (χ0) is 15.0. The summed E-state index contributed by atoms with van der Waals surface area (Å²) in [5, 5.41) is 0.496. The Morgan fingerprint density at radius 1 is 1.29 bits per heavy atom. The number of hydrogen-bond donors (Lipinski definition) is 1. The smallest absolute Gasteiger partial charge is 0.212 e. The summed E-state index contributed by atoms with van der Waals surface area (Å²) >= 11 is 5.90. The highest BCUT2D eigenvalue weighted by atomic mass is 35.5. The molecule has 0 aliphatic heterocycles. The molecule has 0 heterocycles. The standard InChI is InChI=1S/C16H22ClNO2S/c1-2-15(11-6-8-13(17)9-7-11)18-21(19,20)16-10-12-4-3-5-14(12)16/h6-9,12,14-16,18H,2-5,10H2,1H3. The van der Waals surface area contributed by atoms with Crippen molar-refractivity contribution < 1.29 is 8.42 Å². The molecule has 5 heteroatoms. The van der Waals surface area contributed by atoms with Gasteiger partial charge in [0.1, 0.15) is 0 Å². The van der Waals surface area contributed by atoms with Crippen LogP contribution in [0.15, 0.2) is 24.3 Å². The monoisotopic (exact) mass is 327 g/mol. The number of benzene rings is 1. The second kappa shape index (κ2) is 5.90. The van der Waals surface area contributed by atoms with Gasteiger partial charge in [0.05, 0.1) is 5.25 Å². The first-order chi connectivity index (χ1) is 10.0. The van der Waals surface area contributed by atoms with E-state index in [1.807, 2.05) is 31.2 Å². The number of fused-ring (bicyclic) bond motifs is 1. The molecular formula is C16H22ClNO2S. The van der Waals surface area contributed by atoms with Crippen molar-refractivity contribution >= 4 is 21.6 Å². The largest absolute Gasteiger partial charge is 0.215 e. The van der Waals surface area contributed by atoms with Gasteiger partial charge in [-0.15, -0.1) is 0 Å². The molecule has 1 N–H and O–H groups in total. The number of halogens is 1. The second-order valence-electron chi connectivity index (χ2n) is 6.30. The Morgan fingerprint density at radius 2 is 2.00 bits per heavy atom. The van der Waals surface area contributed by atoms with Gasteiger partial charge in [-0.2, -0.15) is 0 Å². The number of rotatable bonds is 5. The van der Waals surface area contributed by atoms with Gasteiger partial charge in [-0.05, 0) is 48.8 Å². The van der Waals surface area contributed by atoms with Crippen LogP contribution in [0.25, 0.3) is 0 Å². The lowest BCUT2D eigenvalue weighted by atomic mass is 9.76. The summed E-state index contributed by atoms with van der Waals surface area (Å²) in [4.78, 5) is 0. The minimum Gasteiger partial charge on any atom is -0.212 e. The third-order valence-electron chi connectivity index (χ3n) is 5.12. The second-order valence-corrected chi connectivity index (χ2v) is 8.67. The highest BCUT2D eigenvalue weighted by Crippen LogP contribution is 2.50. The Balaban J connectivity index is 1.72. The summed E-state index contributed by atoms with van der Waals surface area (Å²) in [6.45, 7) is 2.00. The molecule has 2 fully saturated rings. The maximum atomic E-state index is 12.6. The van der Waals surface area contributed by atoms with Gasteiger partial charge in [0, 0.05) is 11.1 Å². The van der Waals surface area contributed by atoms with E-state index >= 15 is 0 Å². The van der Waals surface area contributed by atoms with Gasteiger partial charge in [-0.1, -0.05) is 43.5 Å². The molecule has 2 aliphatic rings. The average Bonchev–Trinajstić information content (AvgIpc) is 2.77. The van der Waals surface area contributed by atoms with Crippen LogP contribution in [0.3, 0.4) is 0 Å². The molecule has 0 spiro atoms. The highest BCUT2D eigenvalue weighted by Gasteiger charge is 2.50. The highest BCUT2D eigenvalue weighted by molar-refractivity contribution is 7.90. The van der Waals surface area contributed by atoms with E-state index in [2.05, 4.69) is 4.72 Å². The zero-order valence-corrected chi connectivity index (χ0v) is 13.8. The molecule has 2 saturated carbocycles. The minimum atomic E-state index is -3.23. The van der Waals surface area contributed by atoms with Crippen LogP contribution in [-0.2, 0) is 10.0 Å². The number of hydrogen-bond acceptors (Lipinski definition) is 2. The minimum absolute atomic E-state index is 0.160. The van der Waals surface area contributed by atoms with E-state index in [1.54, 1.807) is 0 Å². The summed E-state index contributed by atoms with van der Waals surface area (Å²) in [6.07, 6.45) is 5.06. The lowest BCUT2D eigenvalue weighted by Gasteiger charge is -2.40. The molecule has 0 saturated heterocycles. The van der Waals surface area contributed by atoms with Crippen molar-refractivity contribution in [3.63, 3.8) is 0 Å². The van der Waals surface area contributed by atoms with E-state index in [9.17, 15) is 8.42 Å². The average molecular weight is 328 g/mol. The fourth-order valence-electron chi connectivity index (χ4n) is 3.85. The number of sulfonamides is 1. The van der Waals surface area contributed by atoms with Crippen molar-refractivity contribution in [2.75, 3.05) is 0 Å². The van der Waals surface area contributed by atoms with Crippen LogP contribution < -0.4 is 4.72 Å². The Hall–Kier alpha value is -0.580. The molecule has 0 aromatic heterocycles. The van der Waals surface area contributed by atoms with Gasteiger partial charge < -0.3 is 0 Å². The lowest BCUT2D eigenvalue weighted by Crippen LogP contribution is -2.49. The van der Waals surface area contributed by atoms with Crippen molar-refractivity contribution in [1.82, 2.24) is 4.72 Å². The van der Waals surface area contributed by atoms with Crippen molar-refractivity contribution in [3.05, 3.63) is 34.9 Å². The first-order valence-electron chi connectivity index (χ1n) is 7.78. The molecule has 116 valence electrons. The third kappa shape index (κ3) is 2.99. The van der Waals surface area contributed by atoms with Crippen LogP contribution in [0, 0.1) is 11.8 Å². The molecule has 4 atom stereocenters. The van der Waals surface area contributed by atoms with Crippen molar-refractivity contribution in [3.8, 4) is 0 Å². The SMILES string of the molecule is CCC(NS(=O)(=O)C1CC2CCCC21)c1ccc(Cl)cc1. The molecule has 1 aromatic carbocycles. The first kappa shape index (κ1) is 15.3. The Labute approximate surface area is 132 Å². The topological polar surface area (TPSA) is 46.2 Å². The molecule has 1 aromatic rings. The molecular weight excluding hydrogens is 306 g/mol. The van der Waals surface area contributed by atoms with Gasteiger partial charge in [-0.25, -0.2) is 13.1 Å². The van der Waals surface area contributed by atoms with Crippen LogP contribution in [0.1, 0.15) is 50.6 Å². The zero-order valence-electron chi connectivity index (χ0n) is 12.3. The van der Waals surface area contributed by atoms with E-state index in [4.69, 9.17) is 11.6 Å². The van der Waals surface area contributed by atoms with E-state index in [0.717, 1.165) is 24.8 Å². The van der Waals surface area contributed by atoms with Gasteiger partial charge in [0.2, 0.25) is 10.0 Å². The molecule has 0 amide bonds. The van der Waals surface area contributed by atoms with Crippen molar-refractivity contribution in [2.45, 2.75) is 50.3 Å². The van der Waals surface area contributed by atoms with E-state index in [0.29, 0.717) is 16.9 Å². The fourth-order valence-corrected chi connectivity index (χ4v) is 6.17. The third-order valence-corrected chi connectivity index (χ3v) is 7.32. The number of nitrogens with one attached hydrogen (secondary N) is 1. The maximum absolute atomic E-state index is 12.6. The van der Waals surface area contributed by atoms with Gasteiger partial charge in [0.25, 0.3) is 0 Å². The molecule has 4 unspecified atom stereocenters. The van der Waals surface area contributed by atoms with Crippen LogP contribution in [0.4, 0.5) is 0 Å². The van der Waals surface area contributed by atoms with E-state index in [-0.39, 0.29) is 11.3 Å². The van der Waals surface area contributed by atoms with Crippen molar-refractivity contribution in [2.24, 2.45) is 11.8 Å². The Kier molecular flexibility index (Phi) is 4.30. The summed E-state index contributed by atoms with van der Waals surface area (Å²) in [6, 6.07) is 7.26. The predicted octanol–water partition coefficient (Wildman–Crippen LogP) is 3.90. The van der Waals surface area contributed by atoms with Gasteiger partial charge in [0.15, 0.2) is 0 Å². The molecule has 2 aliphatic carbocycles. The van der Waals surface area contributed by atoms with Crippen molar-refractivity contribution in [1.29, 1.82) is 0 Å². The predicted molar refractivity (Wildman–Crippen MR) is 85.8 cm³/mol. The molecule has 0 radical (unpaired) electrons.